The van der Waals surface area contributed by atoms with Crippen LogP contribution in [0.2, 0.25) is 0 Å². The molecule has 0 aliphatic carbocycles. The van der Waals surface area contributed by atoms with Gasteiger partial charge >= 0.3 is 10.4 Å². The van der Waals surface area contributed by atoms with Gasteiger partial charge in [-0.1, -0.05) is 12.1 Å². The van der Waals surface area contributed by atoms with Crippen molar-refractivity contribution >= 4 is 32.5 Å². The average molecular weight is 351 g/mol. The minimum atomic E-state index is -4.16. The highest BCUT2D eigenvalue weighted by molar-refractivity contribution is 7.80. The largest absolute Gasteiger partial charge is 0.494 e. The van der Waals surface area contributed by atoms with Crippen LogP contribution >= 0.6 is 0 Å². The topological polar surface area (TPSA) is 89.6 Å². The first-order valence-electron chi connectivity index (χ1n) is 7.20. The molecule has 3 rings (SSSR count). The third kappa shape index (κ3) is 4.38. The van der Waals surface area contributed by atoms with Crippen molar-refractivity contribution in [2.75, 3.05) is 13.7 Å². The van der Waals surface area contributed by atoms with Crippen molar-refractivity contribution in [3.8, 4) is 5.75 Å². The first-order chi connectivity index (χ1) is 11.4. The second kappa shape index (κ2) is 7.52. The Morgan fingerprint density at radius 2 is 1.75 bits per heavy atom. The third-order valence-corrected chi connectivity index (χ3v) is 3.74. The fraction of sp³-hybridized carbons (Fsp3) is 0.250. The standard InChI is InChI=1S/C15H15N2O.CH4O4S/c1-3-18-11-8-9-15-13(10-11)16-12-6-4-5-7-14(12)17(15)2;1-5-6(2,3)4/h4-10H,3H2,1-2H3;1H3,(H,2,3,4)/q+1;. The molecule has 0 spiro atoms. The van der Waals surface area contributed by atoms with Crippen LogP contribution in [-0.4, -0.2) is 31.7 Å². The molecule has 7 nitrogen and oxygen atoms in total. The molecule has 0 unspecified atom stereocenters. The molecule has 2 aromatic carbocycles. The fourth-order valence-corrected chi connectivity index (χ4v) is 2.23. The predicted octanol–water partition coefficient (Wildman–Crippen LogP) is 2.05. The van der Waals surface area contributed by atoms with Crippen molar-refractivity contribution < 1.29 is 26.5 Å². The minimum Gasteiger partial charge on any atom is -0.494 e. The second-order valence-electron chi connectivity index (χ2n) is 4.84. The number of ether oxygens (including phenoxy) is 1. The molecule has 24 heavy (non-hydrogen) atoms. The van der Waals surface area contributed by atoms with Crippen LogP contribution in [-0.2, 0) is 21.6 Å². The monoisotopic (exact) mass is 351 g/mol. The Hall–Kier alpha value is -2.29. The summed E-state index contributed by atoms with van der Waals surface area (Å²) >= 11 is 0. The summed E-state index contributed by atoms with van der Waals surface area (Å²) in [5.74, 6) is 0.868. The number of hydrogen-bond acceptors (Lipinski definition) is 5. The molecular formula is C16H19N2O5S+. The van der Waals surface area contributed by atoms with Crippen LogP contribution in [0.1, 0.15) is 6.92 Å². The van der Waals surface area contributed by atoms with Gasteiger partial charge in [0.25, 0.3) is 0 Å². The van der Waals surface area contributed by atoms with Crippen molar-refractivity contribution in [3.63, 3.8) is 0 Å². The highest BCUT2D eigenvalue weighted by atomic mass is 32.3. The van der Waals surface area contributed by atoms with Crippen LogP contribution in [0, 0.1) is 0 Å². The van der Waals surface area contributed by atoms with Gasteiger partial charge in [-0.15, -0.1) is 0 Å². The molecule has 0 bridgehead atoms. The summed E-state index contributed by atoms with van der Waals surface area (Å²) in [6.45, 7) is 2.66. The molecule has 0 saturated carbocycles. The summed E-state index contributed by atoms with van der Waals surface area (Å²) in [5, 5.41) is 0. The summed E-state index contributed by atoms with van der Waals surface area (Å²) in [7, 11) is -1.23. The zero-order valence-electron chi connectivity index (χ0n) is 13.6. The first kappa shape index (κ1) is 18.1. The lowest BCUT2D eigenvalue weighted by Crippen LogP contribution is -2.30. The van der Waals surface area contributed by atoms with Gasteiger partial charge in [-0.3, -0.25) is 8.74 Å². The molecule has 8 heteroatoms. The van der Waals surface area contributed by atoms with E-state index in [0.29, 0.717) is 6.61 Å². The highest BCUT2D eigenvalue weighted by Gasteiger charge is 2.12. The van der Waals surface area contributed by atoms with E-state index in [0.717, 1.165) is 34.9 Å². The van der Waals surface area contributed by atoms with Gasteiger partial charge in [0, 0.05) is 18.2 Å². The van der Waals surface area contributed by atoms with Gasteiger partial charge < -0.3 is 4.74 Å². The van der Waals surface area contributed by atoms with Crippen LogP contribution in [0.15, 0.2) is 42.5 Å². The summed E-state index contributed by atoms with van der Waals surface area (Å²) < 4.78 is 37.4. The Morgan fingerprint density at radius 1 is 1.12 bits per heavy atom. The number of fused-ring (bicyclic) bond motifs is 2. The molecule has 128 valence electrons. The molecule has 3 aromatic rings. The molecule has 0 amide bonds. The average Bonchev–Trinajstić information content (AvgIpc) is 2.55. The quantitative estimate of drug-likeness (QED) is 0.441. The second-order valence-corrected chi connectivity index (χ2v) is 6.03. The lowest BCUT2D eigenvalue weighted by molar-refractivity contribution is -0.617. The Labute approximate surface area is 140 Å². The Balaban J connectivity index is 0.000000301. The van der Waals surface area contributed by atoms with Crippen LogP contribution in [0.4, 0.5) is 0 Å². The van der Waals surface area contributed by atoms with Crippen LogP contribution in [0.3, 0.4) is 0 Å². The molecule has 0 atom stereocenters. The van der Waals surface area contributed by atoms with E-state index in [1.54, 1.807) is 0 Å². The van der Waals surface area contributed by atoms with E-state index >= 15 is 0 Å². The number of aromatic nitrogens is 2. The van der Waals surface area contributed by atoms with Gasteiger partial charge in [0.2, 0.25) is 11.0 Å². The number of hydrogen-bond donors (Lipinski definition) is 1. The van der Waals surface area contributed by atoms with Crippen molar-refractivity contribution in [2.45, 2.75) is 6.92 Å². The van der Waals surface area contributed by atoms with Gasteiger partial charge in [0.1, 0.15) is 23.8 Å². The maximum Gasteiger partial charge on any atom is 0.397 e. The predicted molar refractivity (Wildman–Crippen MR) is 90.2 cm³/mol. The van der Waals surface area contributed by atoms with Gasteiger partial charge in [0.15, 0.2) is 0 Å². The van der Waals surface area contributed by atoms with Crippen molar-refractivity contribution in [1.29, 1.82) is 0 Å². The SMILES string of the molecule is CCOc1ccc2c(c1)nc1ccccc1[n+]2C.COS(=O)(=O)O. The third-order valence-electron chi connectivity index (χ3n) is 3.31. The van der Waals surface area contributed by atoms with Crippen LogP contribution in [0.5, 0.6) is 5.75 Å². The number of rotatable bonds is 3. The molecular weight excluding hydrogens is 332 g/mol. The van der Waals surface area contributed by atoms with Gasteiger partial charge in [-0.2, -0.15) is 13.0 Å². The molecule has 0 aliphatic heterocycles. The maximum absolute atomic E-state index is 9.33. The molecule has 1 N–H and O–H groups in total. The summed E-state index contributed by atoms with van der Waals surface area (Å²) in [6, 6.07) is 14.2. The van der Waals surface area contributed by atoms with Crippen LogP contribution in [0.25, 0.3) is 22.1 Å². The molecule has 0 saturated heterocycles. The minimum absolute atomic E-state index is 0.672. The highest BCUT2D eigenvalue weighted by Crippen LogP contribution is 2.19. The summed E-state index contributed by atoms with van der Waals surface area (Å²) in [5.41, 5.74) is 4.20. The van der Waals surface area contributed by atoms with Crippen molar-refractivity contribution in [1.82, 2.24) is 4.98 Å². The van der Waals surface area contributed by atoms with E-state index in [4.69, 9.17) is 9.29 Å². The molecule has 1 heterocycles. The Bertz CT molecular complexity index is 957. The first-order valence-corrected chi connectivity index (χ1v) is 8.56. The maximum atomic E-state index is 9.33. The molecule has 0 aliphatic rings. The van der Waals surface area contributed by atoms with Gasteiger partial charge in [-0.05, 0) is 19.1 Å². The zero-order valence-corrected chi connectivity index (χ0v) is 14.4. The normalized spacial score (nSPS) is 11.2. The number of nitrogens with zero attached hydrogens (tertiary/aromatic N) is 2. The molecule has 1 aromatic heterocycles. The Kier molecular flexibility index (Phi) is 5.66. The fourth-order valence-electron chi connectivity index (χ4n) is 2.23. The lowest BCUT2D eigenvalue weighted by Gasteiger charge is -2.04. The van der Waals surface area contributed by atoms with Crippen molar-refractivity contribution in [2.24, 2.45) is 7.05 Å². The Morgan fingerprint density at radius 3 is 2.38 bits per heavy atom. The summed E-state index contributed by atoms with van der Waals surface area (Å²) in [6.07, 6.45) is 0. The lowest BCUT2D eigenvalue weighted by atomic mass is 10.2. The zero-order chi connectivity index (χ0) is 17.7. The number of aryl methyl sites for hydroxylation is 1. The molecule has 0 fully saturated rings. The number of benzene rings is 2. The number of para-hydroxylation sites is 2. The smallest absolute Gasteiger partial charge is 0.397 e. The summed E-state index contributed by atoms with van der Waals surface area (Å²) in [4.78, 5) is 4.68. The van der Waals surface area contributed by atoms with E-state index in [1.807, 2.05) is 37.3 Å². The van der Waals surface area contributed by atoms with E-state index in [1.165, 1.54) is 0 Å². The van der Waals surface area contributed by atoms with Gasteiger partial charge in [-0.25, -0.2) is 4.98 Å². The van der Waals surface area contributed by atoms with E-state index in [-0.39, 0.29) is 0 Å². The van der Waals surface area contributed by atoms with Gasteiger partial charge in [0.05, 0.1) is 13.7 Å². The van der Waals surface area contributed by atoms with Crippen LogP contribution < -0.4 is 9.30 Å². The van der Waals surface area contributed by atoms with E-state index < -0.39 is 10.4 Å². The van der Waals surface area contributed by atoms with E-state index in [9.17, 15) is 8.42 Å². The molecule has 0 radical (unpaired) electrons. The van der Waals surface area contributed by atoms with Crippen molar-refractivity contribution in [3.05, 3.63) is 42.5 Å². The van der Waals surface area contributed by atoms with E-state index in [2.05, 4.69) is 32.9 Å².